The standard InChI is InChI=1S/C16H16FN3O2/c17-13-8-6-12(7-9-13)15(21)19-14(16(22)20-18)10-11-4-2-1-3-5-11/h1-9,14H,10,18H2,(H,19,21)(H,20,22)/t14-/m1/s1. The summed E-state index contributed by atoms with van der Waals surface area (Å²) in [5.74, 6) is 3.76. The monoisotopic (exact) mass is 301 g/mol. The molecule has 6 heteroatoms. The van der Waals surface area contributed by atoms with Crippen molar-refractivity contribution in [2.45, 2.75) is 12.5 Å². The number of rotatable bonds is 5. The molecular formula is C16H16FN3O2. The Labute approximate surface area is 127 Å². The van der Waals surface area contributed by atoms with Gasteiger partial charge in [0.05, 0.1) is 0 Å². The van der Waals surface area contributed by atoms with Gasteiger partial charge in [0.1, 0.15) is 11.9 Å². The van der Waals surface area contributed by atoms with Gasteiger partial charge in [-0.05, 0) is 29.8 Å². The van der Waals surface area contributed by atoms with Gasteiger partial charge in [-0.25, -0.2) is 10.2 Å². The molecule has 0 unspecified atom stereocenters. The Bertz CT molecular complexity index is 644. The van der Waals surface area contributed by atoms with E-state index in [1.54, 1.807) is 0 Å². The van der Waals surface area contributed by atoms with E-state index in [-0.39, 0.29) is 5.56 Å². The molecule has 1 atom stereocenters. The molecule has 0 aromatic heterocycles. The van der Waals surface area contributed by atoms with Crippen molar-refractivity contribution in [2.75, 3.05) is 0 Å². The average molecular weight is 301 g/mol. The zero-order chi connectivity index (χ0) is 15.9. The zero-order valence-corrected chi connectivity index (χ0v) is 11.8. The summed E-state index contributed by atoms with van der Waals surface area (Å²) in [7, 11) is 0. The molecule has 2 rings (SSSR count). The molecule has 0 heterocycles. The van der Waals surface area contributed by atoms with Crippen LogP contribution < -0.4 is 16.6 Å². The lowest BCUT2D eigenvalue weighted by molar-refractivity contribution is -0.123. The summed E-state index contributed by atoms with van der Waals surface area (Å²) >= 11 is 0. The van der Waals surface area contributed by atoms with Gasteiger partial charge in [0.2, 0.25) is 0 Å². The van der Waals surface area contributed by atoms with Crippen LogP contribution in [-0.4, -0.2) is 17.9 Å². The van der Waals surface area contributed by atoms with Crippen molar-refractivity contribution in [3.05, 3.63) is 71.5 Å². The third-order valence-corrected chi connectivity index (χ3v) is 3.15. The van der Waals surface area contributed by atoms with Crippen molar-refractivity contribution >= 4 is 11.8 Å². The van der Waals surface area contributed by atoms with E-state index >= 15 is 0 Å². The van der Waals surface area contributed by atoms with Crippen molar-refractivity contribution in [1.82, 2.24) is 10.7 Å². The molecule has 0 spiro atoms. The smallest absolute Gasteiger partial charge is 0.256 e. The summed E-state index contributed by atoms with van der Waals surface area (Å²) < 4.78 is 12.9. The first-order valence-electron chi connectivity index (χ1n) is 6.71. The molecule has 5 nitrogen and oxygen atoms in total. The number of nitrogens with two attached hydrogens (primary N) is 1. The summed E-state index contributed by atoms with van der Waals surface area (Å²) in [5, 5.41) is 2.60. The van der Waals surface area contributed by atoms with Gasteiger partial charge >= 0.3 is 0 Å². The molecule has 0 saturated heterocycles. The predicted octanol–water partition coefficient (Wildman–Crippen LogP) is 1.16. The Kier molecular flexibility index (Phi) is 5.21. The second-order valence-corrected chi connectivity index (χ2v) is 4.73. The molecule has 22 heavy (non-hydrogen) atoms. The van der Waals surface area contributed by atoms with Crippen molar-refractivity contribution in [2.24, 2.45) is 5.84 Å². The number of carbonyl (C=O) groups excluding carboxylic acids is 2. The van der Waals surface area contributed by atoms with Gasteiger partial charge in [0.15, 0.2) is 0 Å². The van der Waals surface area contributed by atoms with Crippen LogP contribution in [0.1, 0.15) is 15.9 Å². The minimum absolute atomic E-state index is 0.268. The Balaban J connectivity index is 2.11. The van der Waals surface area contributed by atoms with Crippen LogP contribution in [0.2, 0.25) is 0 Å². The molecule has 0 aliphatic carbocycles. The molecule has 4 N–H and O–H groups in total. The highest BCUT2D eigenvalue weighted by Crippen LogP contribution is 2.06. The van der Waals surface area contributed by atoms with E-state index in [0.29, 0.717) is 6.42 Å². The SMILES string of the molecule is NNC(=O)[C@@H](Cc1ccccc1)NC(=O)c1ccc(F)cc1. The largest absolute Gasteiger partial charge is 0.340 e. The van der Waals surface area contributed by atoms with Crippen LogP contribution in [0, 0.1) is 5.82 Å². The fourth-order valence-electron chi connectivity index (χ4n) is 2.00. The van der Waals surface area contributed by atoms with Gasteiger partial charge in [-0.1, -0.05) is 30.3 Å². The van der Waals surface area contributed by atoms with Crippen LogP contribution in [0.25, 0.3) is 0 Å². The first-order chi connectivity index (χ1) is 10.6. The highest BCUT2D eigenvalue weighted by molar-refractivity contribution is 5.97. The maximum absolute atomic E-state index is 12.9. The van der Waals surface area contributed by atoms with E-state index in [9.17, 15) is 14.0 Å². The van der Waals surface area contributed by atoms with E-state index in [1.807, 2.05) is 35.8 Å². The Morgan fingerprint density at radius 2 is 1.68 bits per heavy atom. The number of hydrogen-bond acceptors (Lipinski definition) is 3. The number of benzene rings is 2. The van der Waals surface area contributed by atoms with E-state index in [1.165, 1.54) is 24.3 Å². The van der Waals surface area contributed by atoms with Gasteiger partial charge in [-0.15, -0.1) is 0 Å². The summed E-state index contributed by atoms with van der Waals surface area (Å²) in [6.45, 7) is 0. The minimum Gasteiger partial charge on any atom is -0.340 e. The van der Waals surface area contributed by atoms with Crippen molar-refractivity contribution in [3.63, 3.8) is 0 Å². The van der Waals surface area contributed by atoms with Crippen LogP contribution >= 0.6 is 0 Å². The highest BCUT2D eigenvalue weighted by Gasteiger charge is 2.21. The summed E-state index contributed by atoms with van der Waals surface area (Å²) in [4.78, 5) is 23.9. The molecule has 0 aliphatic heterocycles. The lowest BCUT2D eigenvalue weighted by Gasteiger charge is -2.17. The molecular weight excluding hydrogens is 285 g/mol. The Morgan fingerprint density at radius 3 is 2.27 bits per heavy atom. The van der Waals surface area contributed by atoms with E-state index < -0.39 is 23.7 Å². The van der Waals surface area contributed by atoms with Gasteiger partial charge in [-0.3, -0.25) is 15.0 Å². The van der Waals surface area contributed by atoms with Crippen LogP contribution in [0.15, 0.2) is 54.6 Å². The maximum atomic E-state index is 12.9. The number of halogens is 1. The van der Waals surface area contributed by atoms with Crippen LogP contribution in [0.5, 0.6) is 0 Å². The van der Waals surface area contributed by atoms with Crippen LogP contribution in [0.3, 0.4) is 0 Å². The average Bonchev–Trinajstić information content (AvgIpc) is 2.55. The summed E-state index contributed by atoms with van der Waals surface area (Å²) in [6.07, 6.45) is 0.302. The van der Waals surface area contributed by atoms with Gasteiger partial charge < -0.3 is 5.32 Å². The van der Waals surface area contributed by atoms with E-state index in [0.717, 1.165) is 5.56 Å². The van der Waals surface area contributed by atoms with Gasteiger partial charge in [-0.2, -0.15) is 0 Å². The fraction of sp³-hybridized carbons (Fsp3) is 0.125. The van der Waals surface area contributed by atoms with Crippen LogP contribution in [-0.2, 0) is 11.2 Å². The van der Waals surface area contributed by atoms with Gasteiger partial charge in [0, 0.05) is 12.0 Å². The molecule has 2 amide bonds. The van der Waals surface area contributed by atoms with E-state index in [2.05, 4.69) is 5.32 Å². The lowest BCUT2D eigenvalue weighted by atomic mass is 10.0. The van der Waals surface area contributed by atoms with Crippen molar-refractivity contribution in [1.29, 1.82) is 0 Å². The number of carbonyl (C=O) groups is 2. The molecule has 0 aliphatic rings. The molecule has 114 valence electrons. The first-order valence-corrected chi connectivity index (χ1v) is 6.71. The lowest BCUT2D eigenvalue weighted by Crippen LogP contribution is -2.50. The number of hydrazine groups is 1. The zero-order valence-electron chi connectivity index (χ0n) is 11.8. The Morgan fingerprint density at radius 1 is 1.05 bits per heavy atom. The normalized spacial score (nSPS) is 11.5. The predicted molar refractivity (Wildman–Crippen MR) is 80.1 cm³/mol. The van der Waals surface area contributed by atoms with Gasteiger partial charge in [0.25, 0.3) is 11.8 Å². The number of nitrogens with one attached hydrogen (secondary N) is 2. The highest BCUT2D eigenvalue weighted by atomic mass is 19.1. The van der Waals surface area contributed by atoms with Crippen molar-refractivity contribution in [3.8, 4) is 0 Å². The number of amides is 2. The van der Waals surface area contributed by atoms with E-state index in [4.69, 9.17) is 5.84 Å². The topological polar surface area (TPSA) is 84.2 Å². The third kappa shape index (κ3) is 4.13. The Hall–Kier alpha value is -2.73. The molecule has 2 aromatic rings. The molecule has 0 bridgehead atoms. The second kappa shape index (κ2) is 7.33. The molecule has 0 fully saturated rings. The minimum atomic E-state index is -0.815. The number of hydrogen-bond donors (Lipinski definition) is 3. The molecule has 0 radical (unpaired) electrons. The van der Waals surface area contributed by atoms with Crippen molar-refractivity contribution < 1.29 is 14.0 Å². The molecule has 2 aromatic carbocycles. The summed E-state index contributed by atoms with van der Waals surface area (Å²) in [5.41, 5.74) is 3.19. The second-order valence-electron chi connectivity index (χ2n) is 4.73. The fourth-order valence-corrected chi connectivity index (χ4v) is 2.00. The molecule has 0 saturated carbocycles. The summed E-state index contributed by atoms with van der Waals surface area (Å²) in [6, 6.07) is 13.5. The van der Waals surface area contributed by atoms with Crippen LogP contribution in [0.4, 0.5) is 4.39 Å². The maximum Gasteiger partial charge on any atom is 0.256 e. The third-order valence-electron chi connectivity index (χ3n) is 3.15. The quantitative estimate of drug-likeness (QED) is 0.440. The first kappa shape index (κ1) is 15.7.